The van der Waals surface area contributed by atoms with Crippen molar-refractivity contribution in [1.82, 2.24) is 15.1 Å². The molecule has 152 valence electrons. The number of amides is 1. The average molecular weight is 393 g/mol. The van der Waals surface area contributed by atoms with Crippen LogP contribution in [0.2, 0.25) is 0 Å². The normalized spacial score (nSPS) is 10.6. The Kier molecular flexibility index (Phi) is 7.28. The first-order valence-corrected chi connectivity index (χ1v) is 9.98. The minimum Gasteiger partial charge on any atom is -0.490 e. The molecule has 1 N–H and O–H groups in total. The van der Waals surface area contributed by atoms with Crippen LogP contribution in [0.15, 0.2) is 60.9 Å². The standard InChI is InChI=1S/C23H27N3O3/c1-3-14-28-21-11-10-18(16-22(21)29-15-4-2)23(27)24-17-19-8-5-6-9-20(19)26-13-7-12-25-26/h5-13,16H,3-4,14-15,17H2,1-2H3,(H,24,27). The third kappa shape index (κ3) is 5.38. The van der Waals surface area contributed by atoms with Crippen LogP contribution in [0.1, 0.15) is 42.6 Å². The number of para-hydroxylation sites is 1. The van der Waals surface area contributed by atoms with Crippen molar-refractivity contribution in [3.05, 3.63) is 72.1 Å². The van der Waals surface area contributed by atoms with E-state index in [0.717, 1.165) is 24.1 Å². The van der Waals surface area contributed by atoms with E-state index in [1.54, 1.807) is 29.1 Å². The summed E-state index contributed by atoms with van der Waals surface area (Å²) in [4.78, 5) is 12.7. The number of hydrogen-bond donors (Lipinski definition) is 1. The fourth-order valence-corrected chi connectivity index (χ4v) is 2.88. The van der Waals surface area contributed by atoms with Gasteiger partial charge < -0.3 is 14.8 Å². The van der Waals surface area contributed by atoms with Crippen molar-refractivity contribution < 1.29 is 14.3 Å². The van der Waals surface area contributed by atoms with Crippen LogP contribution in [0, 0.1) is 0 Å². The minimum absolute atomic E-state index is 0.163. The Balaban J connectivity index is 1.72. The summed E-state index contributed by atoms with van der Waals surface area (Å²) in [7, 11) is 0. The largest absolute Gasteiger partial charge is 0.490 e. The van der Waals surface area contributed by atoms with Gasteiger partial charge in [-0.3, -0.25) is 4.79 Å². The molecule has 2 aromatic carbocycles. The van der Waals surface area contributed by atoms with Gasteiger partial charge in [0.25, 0.3) is 5.91 Å². The lowest BCUT2D eigenvalue weighted by molar-refractivity contribution is 0.0950. The number of nitrogens with one attached hydrogen (secondary N) is 1. The van der Waals surface area contributed by atoms with Gasteiger partial charge in [0.05, 0.1) is 18.9 Å². The molecule has 29 heavy (non-hydrogen) atoms. The molecule has 0 unspecified atom stereocenters. The zero-order valence-corrected chi connectivity index (χ0v) is 16.9. The Morgan fingerprint density at radius 3 is 2.48 bits per heavy atom. The van der Waals surface area contributed by atoms with E-state index >= 15 is 0 Å². The van der Waals surface area contributed by atoms with Crippen molar-refractivity contribution in [1.29, 1.82) is 0 Å². The first kappa shape index (κ1) is 20.5. The van der Waals surface area contributed by atoms with Crippen molar-refractivity contribution >= 4 is 5.91 Å². The van der Waals surface area contributed by atoms with Gasteiger partial charge in [-0.2, -0.15) is 5.10 Å². The van der Waals surface area contributed by atoms with E-state index in [1.807, 2.05) is 43.5 Å². The molecule has 0 aliphatic carbocycles. The first-order chi connectivity index (χ1) is 14.2. The first-order valence-electron chi connectivity index (χ1n) is 9.98. The number of aromatic nitrogens is 2. The molecule has 3 aromatic rings. The zero-order valence-electron chi connectivity index (χ0n) is 16.9. The third-order valence-corrected chi connectivity index (χ3v) is 4.31. The molecule has 6 nitrogen and oxygen atoms in total. The van der Waals surface area contributed by atoms with Gasteiger partial charge in [-0.05, 0) is 48.7 Å². The predicted octanol–water partition coefficient (Wildman–Crippen LogP) is 4.38. The second kappa shape index (κ2) is 10.3. The maximum Gasteiger partial charge on any atom is 0.251 e. The maximum absolute atomic E-state index is 12.7. The molecule has 0 fully saturated rings. The van der Waals surface area contributed by atoms with Crippen LogP contribution in [0.25, 0.3) is 5.69 Å². The van der Waals surface area contributed by atoms with Crippen LogP contribution < -0.4 is 14.8 Å². The van der Waals surface area contributed by atoms with Crippen LogP contribution >= 0.6 is 0 Å². The highest BCUT2D eigenvalue weighted by molar-refractivity contribution is 5.94. The fraction of sp³-hybridized carbons (Fsp3) is 0.304. The summed E-state index contributed by atoms with van der Waals surface area (Å²) in [5.74, 6) is 1.11. The van der Waals surface area contributed by atoms with Gasteiger partial charge in [-0.15, -0.1) is 0 Å². The molecule has 3 rings (SSSR count). The predicted molar refractivity (Wildman–Crippen MR) is 113 cm³/mol. The van der Waals surface area contributed by atoms with E-state index in [2.05, 4.69) is 17.3 Å². The molecule has 0 aliphatic heterocycles. The van der Waals surface area contributed by atoms with E-state index in [4.69, 9.17) is 9.47 Å². The SMILES string of the molecule is CCCOc1ccc(C(=O)NCc2ccccc2-n2cccn2)cc1OCCC. The third-order valence-electron chi connectivity index (χ3n) is 4.31. The molecule has 1 aromatic heterocycles. The lowest BCUT2D eigenvalue weighted by Gasteiger charge is -2.14. The second-order valence-corrected chi connectivity index (χ2v) is 6.62. The topological polar surface area (TPSA) is 65.4 Å². The average Bonchev–Trinajstić information content (AvgIpc) is 3.29. The number of nitrogens with zero attached hydrogens (tertiary/aromatic N) is 2. The Labute approximate surface area is 171 Å². The summed E-state index contributed by atoms with van der Waals surface area (Å²) in [5, 5.41) is 7.27. The van der Waals surface area contributed by atoms with Gasteiger partial charge in [-0.25, -0.2) is 4.68 Å². The van der Waals surface area contributed by atoms with Gasteiger partial charge in [0.15, 0.2) is 11.5 Å². The van der Waals surface area contributed by atoms with E-state index < -0.39 is 0 Å². The minimum atomic E-state index is -0.163. The summed E-state index contributed by atoms with van der Waals surface area (Å²) in [6, 6.07) is 15.0. The monoisotopic (exact) mass is 393 g/mol. The van der Waals surface area contributed by atoms with Gasteiger partial charge in [-0.1, -0.05) is 32.0 Å². The second-order valence-electron chi connectivity index (χ2n) is 6.62. The van der Waals surface area contributed by atoms with Crippen molar-refractivity contribution in [3.8, 4) is 17.2 Å². The fourth-order valence-electron chi connectivity index (χ4n) is 2.88. The van der Waals surface area contributed by atoms with Crippen LogP contribution in [0.4, 0.5) is 0 Å². The number of rotatable bonds is 10. The molecule has 1 heterocycles. The Morgan fingerprint density at radius 2 is 1.76 bits per heavy atom. The zero-order chi connectivity index (χ0) is 20.5. The van der Waals surface area contributed by atoms with E-state index in [0.29, 0.717) is 36.8 Å². The summed E-state index contributed by atoms with van der Waals surface area (Å²) < 4.78 is 13.3. The van der Waals surface area contributed by atoms with Gasteiger partial charge in [0.1, 0.15) is 0 Å². The van der Waals surface area contributed by atoms with Crippen molar-refractivity contribution in [3.63, 3.8) is 0 Å². The summed E-state index contributed by atoms with van der Waals surface area (Å²) >= 11 is 0. The lowest BCUT2D eigenvalue weighted by atomic mass is 10.1. The Hall–Kier alpha value is -3.28. The van der Waals surface area contributed by atoms with Crippen molar-refractivity contribution in [2.24, 2.45) is 0 Å². The van der Waals surface area contributed by atoms with Crippen molar-refractivity contribution in [2.75, 3.05) is 13.2 Å². The molecule has 0 bridgehead atoms. The van der Waals surface area contributed by atoms with Gasteiger partial charge in [0, 0.05) is 24.5 Å². The molecule has 0 spiro atoms. The summed E-state index contributed by atoms with van der Waals surface area (Å²) in [6.45, 7) is 5.67. The lowest BCUT2D eigenvalue weighted by Crippen LogP contribution is -2.23. The number of carbonyl (C=O) groups excluding carboxylic acids is 1. The molecule has 0 saturated carbocycles. The van der Waals surface area contributed by atoms with Crippen LogP contribution in [-0.2, 0) is 6.54 Å². The van der Waals surface area contributed by atoms with Gasteiger partial charge in [0.2, 0.25) is 0 Å². The smallest absolute Gasteiger partial charge is 0.251 e. The maximum atomic E-state index is 12.7. The van der Waals surface area contributed by atoms with E-state index in [-0.39, 0.29) is 5.91 Å². The Bertz CT molecular complexity index is 923. The number of ether oxygens (including phenoxy) is 2. The van der Waals surface area contributed by atoms with Crippen LogP contribution in [0.3, 0.4) is 0 Å². The quantitative estimate of drug-likeness (QED) is 0.555. The van der Waals surface area contributed by atoms with Gasteiger partial charge >= 0.3 is 0 Å². The molecular weight excluding hydrogens is 366 g/mol. The highest BCUT2D eigenvalue weighted by Crippen LogP contribution is 2.29. The molecule has 0 saturated heterocycles. The summed E-state index contributed by atoms with van der Waals surface area (Å²) in [6.07, 6.45) is 5.40. The highest BCUT2D eigenvalue weighted by atomic mass is 16.5. The molecule has 0 atom stereocenters. The molecule has 0 aliphatic rings. The van der Waals surface area contributed by atoms with Crippen molar-refractivity contribution in [2.45, 2.75) is 33.2 Å². The van der Waals surface area contributed by atoms with Crippen LogP contribution in [0.5, 0.6) is 11.5 Å². The molecule has 6 heteroatoms. The van der Waals surface area contributed by atoms with Crippen LogP contribution in [-0.4, -0.2) is 28.9 Å². The van der Waals surface area contributed by atoms with E-state index in [1.165, 1.54) is 0 Å². The molecule has 0 radical (unpaired) electrons. The summed E-state index contributed by atoms with van der Waals surface area (Å²) in [5.41, 5.74) is 2.46. The number of hydrogen-bond acceptors (Lipinski definition) is 4. The van der Waals surface area contributed by atoms with E-state index in [9.17, 15) is 4.79 Å². The highest BCUT2D eigenvalue weighted by Gasteiger charge is 2.13. The molecule has 1 amide bonds. The Morgan fingerprint density at radius 1 is 1.00 bits per heavy atom. The number of benzene rings is 2. The molecular formula is C23H27N3O3. The number of carbonyl (C=O) groups is 1.